The Balaban J connectivity index is 1.84. The molecule has 0 atom stereocenters. The van der Waals surface area contributed by atoms with Crippen molar-refractivity contribution in [2.75, 3.05) is 0 Å². The number of rotatable bonds is 4. The van der Waals surface area contributed by atoms with Crippen molar-refractivity contribution >= 4 is 68.8 Å². The van der Waals surface area contributed by atoms with Crippen molar-refractivity contribution in [3.8, 4) is 0 Å². The zero-order valence-electron chi connectivity index (χ0n) is 10.6. The molecule has 0 nitrogen and oxygen atoms in total. The third-order valence-electron chi connectivity index (χ3n) is 2.48. The zero-order chi connectivity index (χ0) is 13.6. The Morgan fingerprint density at radius 3 is 1.55 bits per heavy atom. The van der Waals surface area contributed by atoms with Gasteiger partial charge in [0.25, 0.3) is 0 Å². The van der Waals surface area contributed by atoms with Crippen LogP contribution in [0.5, 0.6) is 0 Å². The summed E-state index contributed by atoms with van der Waals surface area (Å²) in [5, 5.41) is 0. The molecule has 3 rings (SSSR count). The molecular formula is C16H12Se4. The molecule has 2 aromatic carbocycles. The van der Waals surface area contributed by atoms with Gasteiger partial charge in [0.05, 0.1) is 0 Å². The standard InChI is InChI=1S/C16H12Se4/c1-3-7-13(8-4-1)19-16(15-17-11-12-18-15)20-14-9-5-2-6-10-14/h1-12H. The van der Waals surface area contributed by atoms with Gasteiger partial charge in [0.2, 0.25) is 0 Å². The molecule has 1 aliphatic heterocycles. The van der Waals surface area contributed by atoms with Crippen molar-refractivity contribution in [1.29, 1.82) is 0 Å². The van der Waals surface area contributed by atoms with E-state index in [-0.39, 0.29) is 0 Å². The summed E-state index contributed by atoms with van der Waals surface area (Å²) in [6.07, 6.45) is 0. The van der Waals surface area contributed by atoms with Crippen LogP contribution in [0.4, 0.5) is 0 Å². The molecule has 0 saturated heterocycles. The molecule has 0 N–H and O–H groups in total. The molecule has 0 unspecified atom stereocenters. The molecule has 0 radical (unpaired) electrons. The molecule has 2 aromatic rings. The maximum absolute atomic E-state index is 2.41. The monoisotopic (exact) mass is 524 g/mol. The van der Waals surface area contributed by atoms with Crippen LogP contribution in [0.2, 0.25) is 0 Å². The van der Waals surface area contributed by atoms with E-state index in [1.165, 1.54) is 8.92 Å². The molecule has 0 amide bonds. The van der Waals surface area contributed by atoms with Crippen LogP contribution in [0, 0.1) is 0 Å². The van der Waals surface area contributed by atoms with Gasteiger partial charge in [0.1, 0.15) is 0 Å². The van der Waals surface area contributed by atoms with Crippen LogP contribution in [0.1, 0.15) is 0 Å². The summed E-state index contributed by atoms with van der Waals surface area (Å²) in [6.45, 7) is 0. The van der Waals surface area contributed by atoms with Crippen LogP contribution in [0.15, 0.2) is 77.4 Å². The molecule has 4 heteroatoms. The van der Waals surface area contributed by atoms with Crippen LogP contribution < -0.4 is 8.92 Å². The zero-order valence-corrected chi connectivity index (χ0v) is 17.4. The van der Waals surface area contributed by atoms with E-state index in [1.54, 1.807) is 6.74 Å². The second kappa shape index (κ2) is 7.85. The Morgan fingerprint density at radius 2 is 1.10 bits per heavy atom. The summed E-state index contributed by atoms with van der Waals surface area (Å²) < 4.78 is 6.59. The van der Waals surface area contributed by atoms with Gasteiger partial charge in [0.15, 0.2) is 0 Å². The third-order valence-corrected chi connectivity index (χ3v) is 16.6. The third kappa shape index (κ3) is 4.25. The Morgan fingerprint density at radius 1 is 0.650 bits per heavy atom. The fourth-order valence-electron chi connectivity index (χ4n) is 1.60. The average molecular weight is 520 g/mol. The Labute approximate surface area is 145 Å². The Kier molecular flexibility index (Phi) is 5.85. The van der Waals surface area contributed by atoms with E-state index in [1.807, 2.05) is 0 Å². The van der Waals surface area contributed by atoms with Crippen LogP contribution in [0.25, 0.3) is 0 Å². The normalized spacial score (nSPS) is 13.7. The fraction of sp³-hybridized carbons (Fsp3) is 0. The van der Waals surface area contributed by atoms with Gasteiger partial charge in [-0.25, -0.2) is 0 Å². The number of hydrogen-bond donors (Lipinski definition) is 0. The second-order valence-corrected chi connectivity index (χ2v) is 14.9. The molecule has 1 aliphatic rings. The van der Waals surface area contributed by atoms with Gasteiger partial charge < -0.3 is 0 Å². The van der Waals surface area contributed by atoms with Gasteiger partial charge in [-0.05, 0) is 0 Å². The van der Waals surface area contributed by atoms with E-state index >= 15 is 0 Å². The summed E-state index contributed by atoms with van der Waals surface area (Å²) in [6, 6.07) is 22.0. The van der Waals surface area contributed by atoms with Crippen molar-refractivity contribution in [1.82, 2.24) is 0 Å². The van der Waals surface area contributed by atoms with Crippen LogP contribution >= 0.6 is 0 Å². The van der Waals surface area contributed by atoms with Crippen LogP contribution in [-0.4, -0.2) is 59.8 Å². The van der Waals surface area contributed by atoms with E-state index in [9.17, 15) is 0 Å². The summed E-state index contributed by atoms with van der Waals surface area (Å²) in [5.41, 5.74) is 0. The molecular weight excluding hydrogens is 508 g/mol. The summed E-state index contributed by atoms with van der Waals surface area (Å²) in [4.78, 5) is 4.81. The molecule has 0 saturated carbocycles. The molecule has 0 fully saturated rings. The summed E-state index contributed by atoms with van der Waals surface area (Å²) in [5.74, 6) is 0. The average Bonchev–Trinajstić information content (AvgIpc) is 3.03. The predicted octanol–water partition coefficient (Wildman–Crippen LogP) is 1.07. The van der Waals surface area contributed by atoms with Crippen LogP contribution in [0.3, 0.4) is 0 Å². The molecule has 100 valence electrons. The summed E-state index contributed by atoms with van der Waals surface area (Å²) in [7, 11) is 0. The Hall–Kier alpha value is -0.00208. The molecule has 0 aromatic heterocycles. The molecule has 0 bridgehead atoms. The number of hydrogen-bond acceptors (Lipinski definition) is 0. The van der Waals surface area contributed by atoms with Gasteiger partial charge in [-0.15, -0.1) is 0 Å². The molecule has 1 heterocycles. The molecule has 20 heavy (non-hydrogen) atoms. The van der Waals surface area contributed by atoms with E-state index in [2.05, 4.69) is 70.6 Å². The first-order valence-electron chi connectivity index (χ1n) is 6.10. The second-order valence-electron chi connectivity index (χ2n) is 3.91. The first-order valence-corrected chi connectivity index (χ1v) is 13.2. The fourth-order valence-corrected chi connectivity index (χ4v) is 14.9. The predicted molar refractivity (Wildman–Crippen MR) is 91.3 cm³/mol. The van der Waals surface area contributed by atoms with Gasteiger partial charge >= 0.3 is 146 Å². The van der Waals surface area contributed by atoms with Crippen LogP contribution in [-0.2, 0) is 0 Å². The van der Waals surface area contributed by atoms with Crippen molar-refractivity contribution in [3.63, 3.8) is 0 Å². The quantitative estimate of drug-likeness (QED) is 0.530. The van der Waals surface area contributed by atoms with E-state index in [4.69, 9.17) is 0 Å². The minimum absolute atomic E-state index is 0.502. The van der Waals surface area contributed by atoms with Gasteiger partial charge in [0, 0.05) is 0 Å². The van der Waals surface area contributed by atoms with Gasteiger partial charge in [-0.2, -0.15) is 0 Å². The minimum atomic E-state index is 0.502. The van der Waals surface area contributed by atoms with E-state index < -0.39 is 0 Å². The van der Waals surface area contributed by atoms with Crippen molar-refractivity contribution in [3.05, 3.63) is 77.4 Å². The first-order chi connectivity index (χ1) is 9.92. The van der Waals surface area contributed by atoms with Gasteiger partial charge in [-0.1, -0.05) is 0 Å². The van der Waals surface area contributed by atoms with E-state index in [0.29, 0.717) is 59.8 Å². The molecule has 0 aliphatic carbocycles. The SMILES string of the molecule is C1=C[Se]C(=C([Se]c2ccccc2)[Se]c2ccccc2)[Se]1. The maximum atomic E-state index is 2.41. The van der Waals surface area contributed by atoms with Gasteiger partial charge in [-0.3, -0.25) is 0 Å². The number of benzene rings is 2. The van der Waals surface area contributed by atoms with Crippen molar-refractivity contribution in [2.24, 2.45) is 0 Å². The molecule has 0 spiro atoms. The van der Waals surface area contributed by atoms with Crippen molar-refractivity contribution in [2.45, 2.75) is 0 Å². The topological polar surface area (TPSA) is 0 Å². The first kappa shape index (κ1) is 14.9. The van der Waals surface area contributed by atoms with Crippen molar-refractivity contribution < 1.29 is 0 Å². The Bertz CT molecular complexity index is 564. The van der Waals surface area contributed by atoms with E-state index in [0.717, 1.165) is 0 Å². The summed E-state index contributed by atoms with van der Waals surface area (Å²) >= 11 is 2.26.